The third-order valence-electron chi connectivity index (χ3n) is 2.48. The lowest BCUT2D eigenvalue weighted by Gasteiger charge is -2.04. The number of carbonyl (C=O) groups excluding carboxylic acids is 2. The Morgan fingerprint density at radius 2 is 1.71 bits per heavy atom. The molecule has 0 atom stereocenters. The highest BCUT2D eigenvalue weighted by Gasteiger charge is 2.01. The molecule has 0 aliphatic rings. The van der Waals surface area contributed by atoms with E-state index in [0.717, 1.165) is 0 Å². The molecule has 0 saturated heterocycles. The van der Waals surface area contributed by atoms with Gasteiger partial charge in [0.15, 0.2) is 17.8 Å². The van der Waals surface area contributed by atoms with E-state index in [1.54, 1.807) is 18.2 Å². The molecule has 0 aromatic heterocycles. The summed E-state index contributed by atoms with van der Waals surface area (Å²) in [7, 11) is 0. The van der Waals surface area contributed by atoms with Crippen molar-refractivity contribution >= 4 is 12.6 Å². The number of rotatable bonds is 4. The summed E-state index contributed by atoms with van der Waals surface area (Å²) in [5, 5.41) is 18.1. The molecule has 0 heterocycles. The van der Waals surface area contributed by atoms with Crippen molar-refractivity contribution in [2.75, 3.05) is 6.61 Å². The van der Waals surface area contributed by atoms with Crippen LogP contribution in [-0.2, 0) is 0 Å². The predicted molar refractivity (Wildman–Crippen MR) is 78.2 cm³/mol. The Balaban J connectivity index is 0.000000219. The summed E-state index contributed by atoms with van der Waals surface area (Å²) in [5.74, 6) is 0.442. The van der Waals surface area contributed by atoms with Gasteiger partial charge in [0, 0.05) is 5.56 Å². The number of para-hydroxylation sites is 1. The van der Waals surface area contributed by atoms with Gasteiger partial charge in [-0.2, -0.15) is 0 Å². The summed E-state index contributed by atoms with van der Waals surface area (Å²) in [6.45, 7) is 2.28. The van der Waals surface area contributed by atoms with Crippen LogP contribution < -0.4 is 4.74 Å². The van der Waals surface area contributed by atoms with Crippen LogP contribution in [0.3, 0.4) is 0 Å². The molecule has 2 aromatic rings. The van der Waals surface area contributed by atoms with Crippen molar-refractivity contribution in [1.82, 2.24) is 0 Å². The van der Waals surface area contributed by atoms with Crippen LogP contribution in [0.2, 0.25) is 0 Å². The lowest BCUT2D eigenvalue weighted by Crippen LogP contribution is -1.92. The highest BCUT2D eigenvalue weighted by atomic mass is 16.5. The molecule has 0 unspecified atom stereocenters. The first-order chi connectivity index (χ1) is 10.1. The van der Waals surface area contributed by atoms with E-state index in [1.165, 1.54) is 24.3 Å². The second-order valence-electron chi connectivity index (χ2n) is 3.95. The van der Waals surface area contributed by atoms with Gasteiger partial charge in [-0.25, -0.2) is 0 Å². The van der Waals surface area contributed by atoms with Gasteiger partial charge in [-0.05, 0) is 37.3 Å². The standard InChI is InChI=1S/C9H10O3.C7H6O2/c1-2-12-9-5-7(6-10)3-4-8(9)11;8-5-6-3-1-2-4-7(6)9/h3-6,11H,2H2,1H3;1-5,9H. The number of benzene rings is 2. The second-order valence-corrected chi connectivity index (χ2v) is 3.95. The summed E-state index contributed by atoms with van der Waals surface area (Å²) in [5.41, 5.74) is 0.828. The van der Waals surface area contributed by atoms with E-state index in [1.807, 2.05) is 6.92 Å². The maximum atomic E-state index is 10.3. The van der Waals surface area contributed by atoms with E-state index in [-0.39, 0.29) is 11.5 Å². The zero-order valence-electron chi connectivity index (χ0n) is 11.5. The van der Waals surface area contributed by atoms with Crippen molar-refractivity contribution in [2.24, 2.45) is 0 Å². The number of phenolic OH excluding ortho intramolecular Hbond substituents is 2. The van der Waals surface area contributed by atoms with E-state index in [4.69, 9.17) is 9.84 Å². The molecule has 0 aliphatic heterocycles. The van der Waals surface area contributed by atoms with Gasteiger partial charge in [-0.15, -0.1) is 0 Å². The summed E-state index contributed by atoms with van der Waals surface area (Å²) < 4.78 is 5.07. The number of hydrogen-bond acceptors (Lipinski definition) is 5. The average molecular weight is 288 g/mol. The summed E-state index contributed by atoms with van der Waals surface area (Å²) >= 11 is 0. The highest BCUT2D eigenvalue weighted by Crippen LogP contribution is 2.25. The van der Waals surface area contributed by atoms with Crippen LogP contribution in [0.1, 0.15) is 27.6 Å². The van der Waals surface area contributed by atoms with E-state index in [9.17, 15) is 14.7 Å². The molecular formula is C16H16O5. The molecule has 0 amide bonds. The van der Waals surface area contributed by atoms with E-state index >= 15 is 0 Å². The molecule has 5 nitrogen and oxygen atoms in total. The van der Waals surface area contributed by atoms with Crippen LogP contribution >= 0.6 is 0 Å². The molecule has 21 heavy (non-hydrogen) atoms. The van der Waals surface area contributed by atoms with Crippen molar-refractivity contribution in [1.29, 1.82) is 0 Å². The molecule has 0 saturated carbocycles. The molecule has 110 valence electrons. The minimum absolute atomic E-state index is 0.0347. The van der Waals surface area contributed by atoms with E-state index in [0.29, 0.717) is 36.1 Å². The Labute approximate surface area is 122 Å². The summed E-state index contributed by atoms with van der Waals surface area (Å²) in [6, 6.07) is 10.9. The number of aldehydes is 2. The molecule has 0 fully saturated rings. The Hall–Kier alpha value is -2.82. The zero-order valence-corrected chi connectivity index (χ0v) is 11.5. The maximum Gasteiger partial charge on any atom is 0.161 e. The Bertz CT molecular complexity index is 607. The number of aromatic hydroxyl groups is 2. The van der Waals surface area contributed by atoms with Crippen LogP contribution in [0.25, 0.3) is 0 Å². The molecular weight excluding hydrogens is 272 g/mol. The van der Waals surface area contributed by atoms with Crippen molar-refractivity contribution < 1.29 is 24.5 Å². The minimum atomic E-state index is 0.0347. The summed E-state index contributed by atoms with van der Waals surface area (Å²) in [6.07, 6.45) is 1.33. The fourth-order valence-electron chi connectivity index (χ4n) is 1.46. The van der Waals surface area contributed by atoms with Gasteiger partial charge in [0.25, 0.3) is 0 Å². The highest BCUT2D eigenvalue weighted by molar-refractivity contribution is 5.78. The number of hydrogen-bond donors (Lipinski definition) is 2. The largest absolute Gasteiger partial charge is 0.507 e. The average Bonchev–Trinajstić information content (AvgIpc) is 2.51. The van der Waals surface area contributed by atoms with Gasteiger partial charge in [-0.3, -0.25) is 9.59 Å². The van der Waals surface area contributed by atoms with Gasteiger partial charge >= 0.3 is 0 Å². The van der Waals surface area contributed by atoms with Crippen LogP contribution in [0.4, 0.5) is 0 Å². The Kier molecular flexibility index (Phi) is 6.47. The first-order valence-corrected chi connectivity index (χ1v) is 6.26. The van der Waals surface area contributed by atoms with Crippen LogP contribution in [0, 0.1) is 0 Å². The third kappa shape index (κ3) is 4.99. The first kappa shape index (κ1) is 16.2. The lowest BCUT2D eigenvalue weighted by molar-refractivity contribution is 0.111. The van der Waals surface area contributed by atoms with Crippen LogP contribution in [-0.4, -0.2) is 29.4 Å². The van der Waals surface area contributed by atoms with E-state index < -0.39 is 0 Å². The minimum Gasteiger partial charge on any atom is -0.507 e. The molecule has 5 heteroatoms. The molecule has 0 spiro atoms. The quantitative estimate of drug-likeness (QED) is 0.845. The SMILES string of the molecule is CCOc1cc(C=O)ccc1O.O=Cc1ccccc1O. The first-order valence-electron chi connectivity index (χ1n) is 6.26. The van der Waals surface area contributed by atoms with Gasteiger partial charge in [0.05, 0.1) is 12.2 Å². The van der Waals surface area contributed by atoms with E-state index in [2.05, 4.69) is 0 Å². The summed E-state index contributed by atoms with van der Waals surface area (Å²) in [4.78, 5) is 20.4. The molecule has 0 aliphatic carbocycles. The molecule has 2 aromatic carbocycles. The van der Waals surface area contributed by atoms with Crippen LogP contribution in [0.15, 0.2) is 42.5 Å². The van der Waals surface area contributed by atoms with Crippen molar-refractivity contribution in [2.45, 2.75) is 6.92 Å². The lowest BCUT2D eigenvalue weighted by atomic mass is 10.2. The number of ether oxygens (including phenoxy) is 1. The second kappa shape index (κ2) is 8.37. The fraction of sp³-hybridized carbons (Fsp3) is 0.125. The smallest absolute Gasteiger partial charge is 0.161 e. The van der Waals surface area contributed by atoms with Gasteiger partial charge in [0.2, 0.25) is 0 Å². The zero-order chi connectivity index (χ0) is 15.7. The number of phenols is 2. The number of carbonyl (C=O) groups is 2. The molecule has 2 rings (SSSR count). The molecule has 0 bridgehead atoms. The van der Waals surface area contributed by atoms with Crippen LogP contribution in [0.5, 0.6) is 17.2 Å². The Morgan fingerprint density at radius 3 is 2.24 bits per heavy atom. The normalized spacial score (nSPS) is 9.19. The van der Waals surface area contributed by atoms with Crippen molar-refractivity contribution in [3.8, 4) is 17.2 Å². The Morgan fingerprint density at radius 1 is 1.00 bits per heavy atom. The third-order valence-corrected chi connectivity index (χ3v) is 2.48. The monoisotopic (exact) mass is 288 g/mol. The predicted octanol–water partition coefficient (Wildman–Crippen LogP) is 2.81. The topological polar surface area (TPSA) is 83.8 Å². The van der Waals surface area contributed by atoms with Gasteiger partial charge in [0.1, 0.15) is 12.0 Å². The maximum absolute atomic E-state index is 10.3. The fourth-order valence-corrected chi connectivity index (χ4v) is 1.46. The van der Waals surface area contributed by atoms with Gasteiger partial charge < -0.3 is 14.9 Å². The molecule has 2 N–H and O–H groups in total. The van der Waals surface area contributed by atoms with Crippen molar-refractivity contribution in [3.05, 3.63) is 53.6 Å². The molecule has 0 radical (unpaired) electrons. The van der Waals surface area contributed by atoms with Crippen molar-refractivity contribution in [3.63, 3.8) is 0 Å². The van der Waals surface area contributed by atoms with Gasteiger partial charge in [-0.1, -0.05) is 12.1 Å².